The van der Waals surface area contributed by atoms with E-state index >= 15 is 0 Å². The SMILES string of the molecule is Cc1nc(CSc2nnc(-c3cccc(Br)c3)n2C)cs1. The molecule has 0 unspecified atom stereocenters. The fraction of sp³-hybridized carbons (Fsp3) is 0.214. The predicted octanol–water partition coefficient (Wildman–Crippen LogP) is 4.30. The second-order valence-electron chi connectivity index (χ2n) is 4.52. The maximum atomic E-state index is 4.47. The minimum atomic E-state index is 0.814. The van der Waals surface area contributed by atoms with Crippen LogP contribution in [-0.2, 0) is 12.8 Å². The molecule has 0 N–H and O–H groups in total. The van der Waals surface area contributed by atoms with Crippen molar-refractivity contribution in [2.45, 2.75) is 17.8 Å². The van der Waals surface area contributed by atoms with Crippen LogP contribution >= 0.6 is 39.0 Å². The zero-order valence-electron chi connectivity index (χ0n) is 11.6. The topological polar surface area (TPSA) is 43.6 Å². The molecule has 108 valence electrons. The lowest BCUT2D eigenvalue weighted by Crippen LogP contribution is -1.95. The van der Waals surface area contributed by atoms with Crippen LogP contribution in [0.5, 0.6) is 0 Å². The van der Waals surface area contributed by atoms with Crippen molar-refractivity contribution in [3.8, 4) is 11.4 Å². The second kappa shape index (κ2) is 6.29. The summed E-state index contributed by atoms with van der Waals surface area (Å²) in [5, 5.41) is 12.7. The van der Waals surface area contributed by atoms with E-state index in [1.807, 2.05) is 42.8 Å². The Labute approximate surface area is 139 Å². The van der Waals surface area contributed by atoms with Crippen molar-refractivity contribution in [1.29, 1.82) is 0 Å². The highest BCUT2D eigenvalue weighted by Gasteiger charge is 2.12. The average molecular weight is 381 g/mol. The molecule has 7 heteroatoms. The molecule has 1 aromatic carbocycles. The van der Waals surface area contributed by atoms with Crippen LogP contribution in [0.15, 0.2) is 39.3 Å². The predicted molar refractivity (Wildman–Crippen MR) is 90.6 cm³/mol. The van der Waals surface area contributed by atoms with E-state index in [1.54, 1.807) is 23.1 Å². The molecule has 21 heavy (non-hydrogen) atoms. The summed E-state index contributed by atoms with van der Waals surface area (Å²) in [4.78, 5) is 4.47. The Morgan fingerprint density at radius 1 is 1.33 bits per heavy atom. The third-order valence-electron chi connectivity index (χ3n) is 2.93. The first kappa shape index (κ1) is 14.7. The van der Waals surface area contributed by atoms with Gasteiger partial charge >= 0.3 is 0 Å². The van der Waals surface area contributed by atoms with Gasteiger partial charge in [0, 0.05) is 28.2 Å². The Morgan fingerprint density at radius 2 is 2.19 bits per heavy atom. The molecule has 0 aliphatic heterocycles. The Morgan fingerprint density at radius 3 is 2.90 bits per heavy atom. The summed E-state index contributed by atoms with van der Waals surface area (Å²) < 4.78 is 3.06. The Balaban J connectivity index is 1.79. The van der Waals surface area contributed by atoms with Crippen LogP contribution in [0, 0.1) is 6.92 Å². The fourth-order valence-corrected chi connectivity index (χ4v) is 3.85. The Hall–Kier alpha value is -1.18. The highest BCUT2D eigenvalue weighted by atomic mass is 79.9. The van der Waals surface area contributed by atoms with Gasteiger partial charge in [-0.05, 0) is 19.1 Å². The van der Waals surface area contributed by atoms with Gasteiger partial charge in [0.25, 0.3) is 0 Å². The third kappa shape index (κ3) is 3.36. The van der Waals surface area contributed by atoms with Gasteiger partial charge in [-0.15, -0.1) is 21.5 Å². The number of thioether (sulfide) groups is 1. The normalized spacial score (nSPS) is 11.0. The summed E-state index contributed by atoms with van der Waals surface area (Å²) in [5.74, 6) is 1.68. The zero-order valence-corrected chi connectivity index (χ0v) is 14.8. The first-order valence-corrected chi connectivity index (χ1v) is 8.98. The zero-order chi connectivity index (χ0) is 14.8. The van der Waals surface area contributed by atoms with Gasteiger partial charge in [-0.2, -0.15) is 0 Å². The van der Waals surface area contributed by atoms with Crippen LogP contribution in [0.2, 0.25) is 0 Å². The first-order valence-electron chi connectivity index (χ1n) is 6.32. The van der Waals surface area contributed by atoms with Crippen LogP contribution in [0.25, 0.3) is 11.4 Å². The summed E-state index contributed by atoms with van der Waals surface area (Å²) in [6.07, 6.45) is 0. The summed E-state index contributed by atoms with van der Waals surface area (Å²) >= 11 is 6.81. The number of aromatic nitrogens is 4. The number of hydrogen-bond acceptors (Lipinski definition) is 5. The molecule has 4 nitrogen and oxygen atoms in total. The molecule has 3 rings (SSSR count). The molecule has 0 fully saturated rings. The summed E-state index contributed by atoms with van der Waals surface area (Å²) in [6, 6.07) is 8.08. The van der Waals surface area contributed by atoms with Crippen LogP contribution in [-0.4, -0.2) is 19.7 Å². The maximum absolute atomic E-state index is 4.47. The molecular weight excluding hydrogens is 368 g/mol. The molecule has 0 spiro atoms. The quantitative estimate of drug-likeness (QED) is 0.632. The van der Waals surface area contributed by atoms with Gasteiger partial charge in [-0.1, -0.05) is 39.8 Å². The summed E-state index contributed by atoms with van der Waals surface area (Å²) in [5.41, 5.74) is 2.14. The molecule has 0 bridgehead atoms. The third-order valence-corrected chi connectivity index (χ3v) is 5.30. The lowest BCUT2D eigenvalue weighted by atomic mass is 10.2. The fourth-order valence-electron chi connectivity index (χ4n) is 1.93. The molecule has 2 aromatic heterocycles. The minimum absolute atomic E-state index is 0.814. The molecule has 0 aliphatic carbocycles. The Bertz CT molecular complexity index is 766. The van der Waals surface area contributed by atoms with E-state index in [0.717, 1.165) is 37.5 Å². The highest BCUT2D eigenvalue weighted by Crippen LogP contribution is 2.26. The van der Waals surface area contributed by atoms with Gasteiger partial charge in [-0.25, -0.2) is 4.98 Å². The van der Waals surface area contributed by atoms with Crippen LogP contribution in [0.3, 0.4) is 0 Å². The van der Waals surface area contributed by atoms with E-state index in [0.29, 0.717) is 0 Å². The number of nitrogens with zero attached hydrogens (tertiary/aromatic N) is 4. The van der Waals surface area contributed by atoms with Crippen LogP contribution in [0.4, 0.5) is 0 Å². The molecule has 0 atom stereocenters. The number of rotatable bonds is 4. The molecule has 0 amide bonds. The monoisotopic (exact) mass is 380 g/mol. The molecular formula is C14H13BrN4S2. The van der Waals surface area contributed by atoms with Gasteiger partial charge in [0.2, 0.25) is 0 Å². The number of hydrogen-bond donors (Lipinski definition) is 0. The van der Waals surface area contributed by atoms with E-state index in [9.17, 15) is 0 Å². The van der Waals surface area contributed by atoms with E-state index in [-0.39, 0.29) is 0 Å². The molecule has 0 aliphatic rings. The molecule has 0 saturated heterocycles. The van der Waals surface area contributed by atoms with Crippen molar-refractivity contribution in [3.05, 3.63) is 44.8 Å². The molecule has 3 aromatic rings. The van der Waals surface area contributed by atoms with E-state index < -0.39 is 0 Å². The van der Waals surface area contributed by atoms with Gasteiger partial charge < -0.3 is 4.57 Å². The number of benzene rings is 1. The van der Waals surface area contributed by atoms with E-state index in [2.05, 4.69) is 36.5 Å². The minimum Gasteiger partial charge on any atom is -0.305 e. The number of aryl methyl sites for hydroxylation is 1. The van der Waals surface area contributed by atoms with Crippen molar-refractivity contribution in [1.82, 2.24) is 19.7 Å². The number of halogens is 1. The van der Waals surface area contributed by atoms with Gasteiger partial charge in [-0.3, -0.25) is 0 Å². The Kier molecular flexibility index (Phi) is 4.42. The molecule has 0 saturated carbocycles. The van der Waals surface area contributed by atoms with Crippen molar-refractivity contribution >= 4 is 39.0 Å². The van der Waals surface area contributed by atoms with Gasteiger partial charge in [0.1, 0.15) is 0 Å². The standard InChI is InChI=1S/C14H13BrN4S2/c1-9-16-12(7-20-9)8-21-14-18-17-13(19(14)2)10-4-3-5-11(15)6-10/h3-7H,8H2,1-2H3. The van der Waals surface area contributed by atoms with Crippen molar-refractivity contribution in [2.24, 2.45) is 7.05 Å². The van der Waals surface area contributed by atoms with Crippen molar-refractivity contribution in [3.63, 3.8) is 0 Å². The summed E-state index contributed by atoms with van der Waals surface area (Å²) in [7, 11) is 1.99. The van der Waals surface area contributed by atoms with E-state index in [4.69, 9.17) is 0 Å². The average Bonchev–Trinajstić information content (AvgIpc) is 3.03. The molecule has 2 heterocycles. The maximum Gasteiger partial charge on any atom is 0.191 e. The van der Waals surface area contributed by atoms with Gasteiger partial charge in [0.15, 0.2) is 11.0 Å². The van der Waals surface area contributed by atoms with Crippen LogP contribution < -0.4 is 0 Å². The number of thiazole rings is 1. The van der Waals surface area contributed by atoms with Gasteiger partial charge in [0.05, 0.1) is 10.7 Å². The smallest absolute Gasteiger partial charge is 0.191 e. The highest BCUT2D eigenvalue weighted by molar-refractivity contribution is 9.10. The van der Waals surface area contributed by atoms with Crippen molar-refractivity contribution < 1.29 is 0 Å². The van der Waals surface area contributed by atoms with Crippen LogP contribution in [0.1, 0.15) is 10.7 Å². The second-order valence-corrected chi connectivity index (χ2v) is 7.44. The lowest BCUT2D eigenvalue weighted by molar-refractivity contribution is 0.793. The van der Waals surface area contributed by atoms with E-state index in [1.165, 1.54) is 0 Å². The molecule has 0 radical (unpaired) electrons. The summed E-state index contributed by atoms with van der Waals surface area (Å²) in [6.45, 7) is 2.02. The largest absolute Gasteiger partial charge is 0.305 e. The van der Waals surface area contributed by atoms with Crippen molar-refractivity contribution in [2.75, 3.05) is 0 Å². The first-order chi connectivity index (χ1) is 10.1. The lowest BCUT2D eigenvalue weighted by Gasteiger charge is -2.03.